The van der Waals surface area contributed by atoms with Gasteiger partial charge in [0.1, 0.15) is 5.82 Å². The van der Waals surface area contributed by atoms with Gasteiger partial charge in [-0.05, 0) is 60.9 Å². The van der Waals surface area contributed by atoms with Crippen LogP contribution < -0.4 is 4.90 Å². The van der Waals surface area contributed by atoms with Gasteiger partial charge in [-0.1, -0.05) is 0 Å². The van der Waals surface area contributed by atoms with Gasteiger partial charge in [-0.15, -0.1) is 0 Å². The molecule has 0 aliphatic carbocycles. The van der Waals surface area contributed by atoms with Gasteiger partial charge in [0, 0.05) is 37.1 Å². The largest absolute Gasteiger partial charge is 0.419 e. The molecule has 1 saturated heterocycles. The standard InChI is InChI=1S/C29H20F7N5O2/c30-20-4-3-18(12-19(20)29(34,35)36)41-23(15-2-1-7-37-14-15)13-22(38-41)28(43)39-8-5-17(6-9-39)40-24(42)11-16-10-21(31)25(32)26(33)27(16)40/h1-4,7,10,12-14,17H,5-6,8-9,11H2. The highest BCUT2D eigenvalue weighted by Crippen LogP contribution is 2.38. The molecule has 0 spiro atoms. The minimum Gasteiger partial charge on any atom is -0.337 e. The number of carbonyl (C=O) groups is 2. The number of nitrogens with zero attached hydrogens (tertiary/aromatic N) is 5. The average Bonchev–Trinajstić information content (AvgIpc) is 3.57. The molecule has 4 aromatic rings. The van der Waals surface area contributed by atoms with E-state index in [1.54, 1.807) is 12.1 Å². The number of benzene rings is 2. The van der Waals surface area contributed by atoms with Gasteiger partial charge < -0.3 is 9.80 Å². The first-order valence-corrected chi connectivity index (χ1v) is 13.1. The Bertz CT molecular complexity index is 1750. The number of hydrogen-bond donors (Lipinski definition) is 0. The fourth-order valence-electron chi connectivity index (χ4n) is 5.54. The minimum atomic E-state index is -4.97. The number of halogens is 7. The molecule has 43 heavy (non-hydrogen) atoms. The summed E-state index contributed by atoms with van der Waals surface area (Å²) in [4.78, 5) is 32.7. The predicted molar refractivity (Wildman–Crippen MR) is 138 cm³/mol. The van der Waals surface area contributed by atoms with E-state index >= 15 is 0 Å². The predicted octanol–water partition coefficient (Wildman–Crippen LogP) is 5.70. The quantitative estimate of drug-likeness (QED) is 0.222. The molecule has 2 aliphatic heterocycles. The Hall–Kier alpha value is -4.75. The van der Waals surface area contributed by atoms with E-state index in [0.29, 0.717) is 17.7 Å². The van der Waals surface area contributed by atoms with Crippen molar-refractivity contribution in [3.8, 4) is 16.9 Å². The molecule has 0 saturated carbocycles. The van der Waals surface area contributed by atoms with Crippen molar-refractivity contribution in [3.05, 3.63) is 94.9 Å². The molecule has 2 aromatic carbocycles. The van der Waals surface area contributed by atoms with E-state index in [4.69, 9.17) is 0 Å². The summed E-state index contributed by atoms with van der Waals surface area (Å²) >= 11 is 0. The molecule has 6 rings (SSSR count). The molecule has 0 bridgehead atoms. The highest BCUT2D eigenvalue weighted by atomic mass is 19.4. The number of anilines is 1. The van der Waals surface area contributed by atoms with Crippen molar-refractivity contribution in [1.29, 1.82) is 0 Å². The van der Waals surface area contributed by atoms with Gasteiger partial charge in [-0.3, -0.25) is 14.6 Å². The highest BCUT2D eigenvalue weighted by Gasteiger charge is 2.40. The Morgan fingerprint density at radius 1 is 0.930 bits per heavy atom. The van der Waals surface area contributed by atoms with E-state index < -0.39 is 52.9 Å². The van der Waals surface area contributed by atoms with Crippen LogP contribution >= 0.6 is 0 Å². The van der Waals surface area contributed by atoms with Crippen LogP contribution in [0.15, 0.2) is 54.9 Å². The molecule has 2 amide bonds. The molecule has 2 aliphatic rings. The lowest BCUT2D eigenvalue weighted by Crippen LogP contribution is -2.48. The Balaban J connectivity index is 1.27. The number of piperidine rings is 1. The van der Waals surface area contributed by atoms with E-state index in [0.717, 1.165) is 21.7 Å². The summed E-state index contributed by atoms with van der Waals surface area (Å²) in [5.74, 6) is -7.03. The first-order chi connectivity index (χ1) is 20.4. The zero-order valence-electron chi connectivity index (χ0n) is 22.0. The second-order valence-electron chi connectivity index (χ2n) is 10.2. The summed E-state index contributed by atoms with van der Waals surface area (Å²) in [5, 5.41) is 4.27. The first-order valence-electron chi connectivity index (χ1n) is 13.1. The van der Waals surface area contributed by atoms with Crippen LogP contribution in [0.25, 0.3) is 16.9 Å². The number of aromatic nitrogens is 3. The second kappa shape index (κ2) is 10.5. The highest BCUT2D eigenvalue weighted by molar-refractivity contribution is 6.02. The van der Waals surface area contributed by atoms with Crippen molar-refractivity contribution in [2.45, 2.75) is 31.5 Å². The van der Waals surface area contributed by atoms with Gasteiger partial charge in [0.2, 0.25) is 5.91 Å². The van der Waals surface area contributed by atoms with Crippen LogP contribution in [0.4, 0.5) is 36.4 Å². The zero-order valence-corrected chi connectivity index (χ0v) is 22.0. The van der Waals surface area contributed by atoms with E-state index in [9.17, 15) is 40.3 Å². The van der Waals surface area contributed by atoms with Gasteiger partial charge in [0.15, 0.2) is 23.1 Å². The molecule has 4 heterocycles. The fraction of sp³-hybridized carbons (Fsp3) is 0.241. The Morgan fingerprint density at radius 3 is 2.35 bits per heavy atom. The van der Waals surface area contributed by atoms with Crippen LogP contribution in [0.2, 0.25) is 0 Å². The van der Waals surface area contributed by atoms with Crippen molar-refractivity contribution in [3.63, 3.8) is 0 Å². The molecule has 0 N–H and O–H groups in total. The second-order valence-corrected chi connectivity index (χ2v) is 10.2. The molecule has 0 radical (unpaired) electrons. The summed E-state index contributed by atoms with van der Waals surface area (Å²) in [6, 6.07) is 7.18. The number of pyridine rings is 1. The maximum absolute atomic E-state index is 14.6. The number of carbonyl (C=O) groups excluding carboxylic acids is 2. The SMILES string of the molecule is O=C(c1cc(-c2cccnc2)n(-c2ccc(F)c(C(F)(F)F)c2)n1)N1CCC(N2C(=O)Cc3cc(F)c(F)c(F)c32)CC1. The molecule has 222 valence electrons. The Labute approximate surface area is 239 Å². The Morgan fingerprint density at radius 2 is 1.67 bits per heavy atom. The van der Waals surface area contributed by atoms with E-state index in [1.165, 1.54) is 23.4 Å². The van der Waals surface area contributed by atoms with E-state index in [2.05, 4.69) is 10.1 Å². The molecule has 2 aromatic heterocycles. The summed E-state index contributed by atoms with van der Waals surface area (Å²) in [6.45, 7) is 0.190. The van der Waals surface area contributed by atoms with E-state index in [1.807, 2.05) is 0 Å². The number of fused-ring (bicyclic) bond motifs is 1. The number of alkyl halides is 3. The van der Waals surface area contributed by atoms with Gasteiger partial charge >= 0.3 is 6.18 Å². The fourth-order valence-corrected chi connectivity index (χ4v) is 5.54. The number of amides is 2. The summed E-state index contributed by atoms with van der Waals surface area (Å²) in [7, 11) is 0. The van der Waals surface area contributed by atoms with Crippen molar-refractivity contribution in [2.75, 3.05) is 18.0 Å². The first kappa shape index (κ1) is 28.4. The topological polar surface area (TPSA) is 71.3 Å². The smallest absolute Gasteiger partial charge is 0.337 e. The van der Waals surface area contributed by atoms with Gasteiger partial charge in [-0.2, -0.15) is 18.3 Å². The monoisotopic (exact) mass is 603 g/mol. The molecular formula is C29H20F7N5O2. The van der Waals surface area contributed by atoms with E-state index in [-0.39, 0.29) is 60.7 Å². The van der Waals surface area contributed by atoms with Crippen LogP contribution in [-0.4, -0.2) is 50.6 Å². The molecule has 0 atom stereocenters. The summed E-state index contributed by atoms with van der Waals surface area (Å²) in [6.07, 6.45) is -1.95. The van der Waals surface area contributed by atoms with Crippen LogP contribution in [0.5, 0.6) is 0 Å². The number of rotatable bonds is 4. The minimum absolute atomic E-state index is 0.0443. The van der Waals surface area contributed by atoms with Gasteiger partial charge in [0.25, 0.3) is 5.91 Å². The third-order valence-corrected chi connectivity index (χ3v) is 7.57. The zero-order chi connectivity index (χ0) is 30.6. The maximum atomic E-state index is 14.6. The average molecular weight is 603 g/mol. The van der Waals surface area contributed by atoms with Crippen molar-refractivity contribution < 1.29 is 40.3 Å². The lowest BCUT2D eigenvalue weighted by molar-refractivity contribution is -0.140. The van der Waals surface area contributed by atoms with Crippen molar-refractivity contribution >= 4 is 17.5 Å². The normalized spacial score (nSPS) is 15.7. The van der Waals surface area contributed by atoms with Gasteiger partial charge in [0.05, 0.1) is 29.1 Å². The molecule has 1 fully saturated rings. The molecule has 14 heteroatoms. The van der Waals surface area contributed by atoms with Crippen LogP contribution in [0, 0.1) is 23.3 Å². The molecule has 0 unspecified atom stereocenters. The number of hydrogen-bond acceptors (Lipinski definition) is 4. The van der Waals surface area contributed by atoms with Crippen molar-refractivity contribution in [2.24, 2.45) is 0 Å². The molecule has 7 nitrogen and oxygen atoms in total. The number of likely N-dealkylation sites (tertiary alicyclic amines) is 1. The molecular weight excluding hydrogens is 583 g/mol. The van der Waals surface area contributed by atoms with Crippen LogP contribution in [0.3, 0.4) is 0 Å². The van der Waals surface area contributed by atoms with Crippen molar-refractivity contribution in [1.82, 2.24) is 19.7 Å². The summed E-state index contributed by atoms with van der Waals surface area (Å²) < 4.78 is 97.7. The Kier molecular flexibility index (Phi) is 6.93. The summed E-state index contributed by atoms with van der Waals surface area (Å²) in [5.41, 5.74) is -1.33. The third kappa shape index (κ3) is 5.00. The van der Waals surface area contributed by atoms with Crippen LogP contribution in [0.1, 0.15) is 34.5 Å². The lowest BCUT2D eigenvalue weighted by atomic mass is 10.0. The van der Waals surface area contributed by atoms with Gasteiger partial charge in [-0.25, -0.2) is 22.2 Å². The third-order valence-electron chi connectivity index (χ3n) is 7.57. The van der Waals surface area contributed by atoms with Crippen LogP contribution in [-0.2, 0) is 17.4 Å². The lowest BCUT2D eigenvalue weighted by Gasteiger charge is -2.36. The maximum Gasteiger partial charge on any atom is 0.419 e.